The number of β-amino-alcohol motifs (C(OH)–C–C–N with tert-alkyl or cyclic N) is 1. The zero-order valence-corrected chi connectivity index (χ0v) is 8.45. The van der Waals surface area contributed by atoms with E-state index in [0.29, 0.717) is 6.42 Å². The Morgan fingerprint density at radius 3 is 2.54 bits per heavy atom. The Bertz CT molecular complexity index is 153. The SMILES string of the molecule is C=CCC(O)CN1CCN(C)CC1. The van der Waals surface area contributed by atoms with Gasteiger partial charge >= 0.3 is 0 Å². The molecular formula is C10H20N2O. The zero-order valence-electron chi connectivity index (χ0n) is 8.45. The summed E-state index contributed by atoms with van der Waals surface area (Å²) in [5, 5.41) is 9.54. The van der Waals surface area contributed by atoms with Crippen LogP contribution in [0.4, 0.5) is 0 Å². The van der Waals surface area contributed by atoms with E-state index in [1.54, 1.807) is 6.08 Å². The lowest BCUT2D eigenvalue weighted by atomic mass is 10.2. The number of nitrogens with zero attached hydrogens (tertiary/aromatic N) is 2. The van der Waals surface area contributed by atoms with Crippen LogP contribution in [0.2, 0.25) is 0 Å². The van der Waals surface area contributed by atoms with Gasteiger partial charge in [-0.05, 0) is 13.5 Å². The van der Waals surface area contributed by atoms with Crippen LogP contribution in [0.5, 0.6) is 0 Å². The number of likely N-dealkylation sites (N-methyl/N-ethyl adjacent to an activating group) is 1. The maximum Gasteiger partial charge on any atom is 0.0701 e. The van der Waals surface area contributed by atoms with Gasteiger partial charge in [-0.15, -0.1) is 6.58 Å². The van der Waals surface area contributed by atoms with Gasteiger partial charge in [0.25, 0.3) is 0 Å². The van der Waals surface area contributed by atoms with Gasteiger partial charge in [0.05, 0.1) is 6.10 Å². The quantitative estimate of drug-likeness (QED) is 0.631. The van der Waals surface area contributed by atoms with E-state index in [0.717, 1.165) is 32.7 Å². The maximum absolute atomic E-state index is 9.54. The first-order chi connectivity index (χ1) is 6.22. The Morgan fingerprint density at radius 1 is 1.38 bits per heavy atom. The average Bonchev–Trinajstić information content (AvgIpc) is 2.09. The van der Waals surface area contributed by atoms with Gasteiger partial charge in [-0.2, -0.15) is 0 Å². The van der Waals surface area contributed by atoms with Crippen LogP contribution in [0.1, 0.15) is 6.42 Å². The van der Waals surface area contributed by atoms with Gasteiger partial charge < -0.3 is 10.0 Å². The molecule has 0 aromatic heterocycles. The maximum atomic E-state index is 9.54. The van der Waals surface area contributed by atoms with Crippen LogP contribution in [0, 0.1) is 0 Å². The molecule has 0 aliphatic carbocycles. The zero-order chi connectivity index (χ0) is 9.68. The van der Waals surface area contributed by atoms with Crippen LogP contribution in [0.15, 0.2) is 12.7 Å². The third-order valence-electron chi connectivity index (χ3n) is 2.50. The van der Waals surface area contributed by atoms with Crippen molar-refractivity contribution in [3.05, 3.63) is 12.7 Å². The predicted octanol–water partition coefficient (Wildman–Crippen LogP) is 0.171. The van der Waals surface area contributed by atoms with Crippen molar-refractivity contribution in [2.75, 3.05) is 39.8 Å². The highest BCUT2D eigenvalue weighted by atomic mass is 16.3. The standard InChI is InChI=1S/C10H20N2O/c1-3-4-10(13)9-12-7-5-11(2)6-8-12/h3,10,13H,1,4-9H2,2H3. The van der Waals surface area contributed by atoms with Crippen LogP contribution < -0.4 is 0 Å². The molecule has 0 spiro atoms. The van der Waals surface area contributed by atoms with Gasteiger partial charge in [-0.25, -0.2) is 0 Å². The van der Waals surface area contributed by atoms with Crippen molar-refractivity contribution in [1.29, 1.82) is 0 Å². The molecule has 0 bridgehead atoms. The van der Waals surface area contributed by atoms with Crippen LogP contribution in [-0.4, -0.2) is 60.8 Å². The van der Waals surface area contributed by atoms with Crippen molar-refractivity contribution in [3.63, 3.8) is 0 Å². The van der Waals surface area contributed by atoms with Gasteiger partial charge in [0.1, 0.15) is 0 Å². The Hall–Kier alpha value is -0.380. The van der Waals surface area contributed by atoms with Crippen LogP contribution >= 0.6 is 0 Å². The van der Waals surface area contributed by atoms with E-state index in [9.17, 15) is 5.11 Å². The lowest BCUT2D eigenvalue weighted by Crippen LogP contribution is -2.46. The van der Waals surface area contributed by atoms with E-state index in [2.05, 4.69) is 23.4 Å². The molecule has 1 rings (SSSR count). The lowest BCUT2D eigenvalue weighted by Gasteiger charge is -2.33. The van der Waals surface area contributed by atoms with Crippen LogP contribution in [-0.2, 0) is 0 Å². The third kappa shape index (κ3) is 3.89. The summed E-state index contributed by atoms with van der Waals surface area (Å²) in [6.07, 6.45) is 2.24. The van der Waals surface area contributed by atoms with Crippen molar-refractivity contribution in [3.8, 4) is 0 Å². The number of aliphatic hydroxyl groups is 1. The smallest absolute Gasteiger partial charge is 0.0701 e. The van der Waals surface area contributed by atoms with Crippen LogP contribution in [0.25, 0.3) is 0 Å². The molecule has 0 amide bonds. The monoisotopic (exact) mass is 184 g/mol. The number of hydrogen-bond acceptors (Lipinski definition) is 3. The minimum atomic E-state index is -0.235. The van der Waals surface area contributed by atoms with Gasteiger partial charge in [0.15, 0.2) is 0 Å². The molecule has 1 N–H and O–H groups in total. The molecule has 1 aliphatic rings. The molecule has 1 aliphatic heterocycles. The Balaban J connectivity index is 2.18. The molecule has 0 radical (unpaired) electrons. The molecule has 1 unspecified atom stereocenters. The van der Waals surface area contributed by atoms with E-state index in [4.69, 9.17) is 0 Å². The molecule has 1 saturated heterocycles. The van der Waals surface area contributed by atoms with E-state index < -0.39 is 0 Å². The molecule has 1 fully saturated rings. The molecule has 3 nitrogen and oxygen atoms in total. The van der Waals surface area contributed by atoms with Crippen molar-refractivity contribution < 1.29 is 5.11 Å². The summed E-state index contributed by atoms with van der Waals surface area (Å²) < 4.78 is 0. The highest BCUT2D eigenvalue weighted by Gasteiger charge is 2.15. The van der Waals surface area contributed by atoms with Crippen molar-refractivity contribution in [1.82, 2.24) is 9.80 Å². The van der Waals surface area contributed by atoms with Crippen molar-refractivity contribution in [2.24, 2.45) is 0 Å². The average molecular weight is 184 g/mol. The minimum Gasteiger partial charge on any atom is -0.391 e. The Labute approximate surface area is 80.6 Å². The highest BCUT2D eigenvalue weighted by Crippen LogP contribution is 2.02. The second-order valence-electron chi connectivity index (χ2n) is 3.78. The normalized spacial score (nSPS) is 22.9. The highest BCUT2D eigenvalue weighted by molar-refractivity contribution is 4.77. The van der Waals surface area contributed by atoms with E-state index in [1.807, 2.05) is 0 Å². The van der Waals surface area contributed by atoms with Gasteiger partial charge in [-0.3, -0.25) is 4.90 Å². The molecule has 0 aromatic rings. The van der Waals surface area contributed by atoms with Crippen LogP contribution in [0.3, 0.4) is 0 Å². The fourth-order valence-corrected chi connectivity index (χ4v) is 1.60. The Morgan fingerprint density at radius 2 is 2.00 bits per heavy atom. The first-order valence-electron chi connectivity index (χ1n) is 4.92. The Kier molecular flexibility index (Phi) is 4.42. The first kappa shape index (κ1) is 10.7. The van der Waals surface area contributed by atoms with Crippen molar-refractivity contribution in [2.45, 2.75) is 12.5 Å². The minimum absolute atomic E-state index is 0.235. The molecule has 1 atom stereocenters. The summed E-state index contributed by atoms with van der Waals surface area (Å²) in [5.74, 6) is 0. The van der Waals surface area contributed by atoms with Gasteiger partial charge in [0, 0.05) is 32.7 Å². The molecule has 0 aromatic carbocycles. The third-order valence-corrected chi connectivity index (χ3v) is 2.50. The number of piperazine rings is 1. The van der Waals surface area contributed by atoms with Gasteiger partial charge in [-0.1, -0.05) is 6.08 Å². The topological polar surface area (TPSA) is 26.7 Å². The van der Waals surface area contributed by atoms with E-state index >= 15 is 0 Å². The predicted molar refractivity (Wildman–Crippen MR) is 54.8 cm³/mol. The summed E-state index contributed by atoms with van der Waals surface area (Å²) in [5.41, 5.74) is 0. The van der Waals surface area contributed by atoms with Gasteiger partial charge in [0.2, 0.25) is 0 Å². The molecular weight excluding hydrogens is 164 g/mol. The fraction of sp³-hybridized carbons (Fsp3) is 0.800. The molecule has 3 heteroatoms. The second-order valence-corrected chi connectivity index (χ2v) is 3.78. The second kappa shape index (κ2) is 5.37. The van der Waals surface area contributed by atoms with E-state index in [1.165, 1.54) is 0 Å². The summed E-state index contributed by atoms with van der Waals surface area (Å²) in [7, 11) is 2.14. The molecule has 0 saturated carbocycles. The summed E-state index contributed by atoms with van der Waals surface area (Å²) in [6, 6.07) is 0. The summed E-state index contributed by atoms with van der Waals surface area (Å²) in [6.45, 7) is 8.78. The fourth-order valence-electron chi connectivity index (χ4n) is 1.60. The first-order valence-corrected chi connectivity index (χ1v) is 4.92. The molecule has 1 heterocycles. The summed E-state index contributed by atoms with van der Waals surface area (Å²) >= 11 is 0. The number of rotatable bonds is 4. The lowest BCUT2D eigenvalue weighted by molar-refractivity contribution is 0.0821. The number of hydrogen-bond donors (Lipinski definition) is 1. The van der Waals surface area contributed by atoms with E-state index in [-0.39, 0.29) is 6.10 Å². The molecule has 13 heavy (non-hydrogen) atoms. The number of aliphatic hydroxyl groups excluding tert-OH is 1. The molecule has 76 valence electrons. The van der Waals surface area contributed by atoms with Crippen molar-refractivity contribution >= 4 is 0 Å². The summed E-state index contributed by atoms with van der Waals surface area (Å²) in [4.78, 5) is 4.63. The largest absolute Gasteiger partial charge is 0.391 e.